The van der Waals surface area contributed by atoms with Gasteiger partial charge in [0, 0.05) is 18.9 Å². The molecule has 20 heavy (non-hydrogen) atoms. The fourth-order valence-corrected chi connectivity index (χ4v) is 3.06. The second kappa shape index (κ2) is 5.73. The Morgan fingerprint density at radius 1 is 1.20 bits per heavy atom. The summed E-state index contributed by atoms with van der Waals surface area (Å²) in [7, 11) is 1.67. The molecular formula is C16H21NO3. The van der Waals surface area contributed by atoms with Crippen molar-refractivity contribution in [2.75, 3.05) is 13.7 Å². The quantitative estimate of drug-likeness (QED) is 0.919. The zero-order chi connectivity index (χ0) is 13.9. The third kappa shape index (κ3) is 2.74. The van der Waals surface area contributed by atoms with Crippen molar-refractivity contribution < 1.29 is 14.3 Å². The number of benzene rings is 1. The Bertz CT molecular complexity index is 494. The molecule has 2 aliphatic rings. The summed E-state index contributed by atoms with van der Waals surface area (Å²) in [5.41, 5.74) is 1.14. The van der Waals surface area contributed by atoms with Crippen molar-refractivity contribution in [2.45, 2.75) is 44.1 Å². The van der Waals surface area contributed by atoms with Gasteiger partial charge in [0.05, 0.1) is 13.2 Å². The van der Waals surface area contributed by atoms with E-state index in [0.717, 1.165) is 29.9 Å². The Morgan fingerprint density at radius 2 is 2.00 bits per heavy atom. The molecule has 4 heteroatoms. The number of hydrogen-bond acceptors (Lipinski definition) is 3. The van der Waals surface area contributed by atoms with Gasteiger partial charge in [-0.1, -0.05) is 6.07 Å². The average molecular weight is 275 g/mol. The van der Waals surface area contributed by atoms with Gasteiger partial charge in [-0.25, -0.2) is 0 Å². The van der Waals surface area contributed by atoms with Gasteiger partial charge in [0.15, 0.2) is 11.5 Å². The van der Waals surface area contributed by atoms with E-state index in [1.54, 1.807) is 7.11 Å². The van der Waals surface area contributed by atoms with Crippen molar-refractivity contribution in [3.05, 3.63) is 23.8 Å². The summed E-state index contributed by atoms with van der Waals surface area (Å²) in [6, 6.07) is 6.04. The van der Waals surface area contributed by atoms with Gasteiger partial charge in [-0.05, 0) is 43.4 Å². The van der Waals surface area contributed by atoms with Gasteiger partial charge >= 0.3 is 0 Å². The van der Waals surface area contributed by atoms with Crippen molar-refractivity contribution in [2.24, 2.45) is 0 Å². The number of ether oxygens (including phenoxy) is 2. The molecular weight excluding hydrogens is 254 g/mol. The van der Waals surface area contributed by atoms with E-state index < -0.39 is 0 Å². The highest BCUT2D eigenvalue weighted by Gasteiger charge is 2.24. The van der Waals surface area contributed by atoms with Crippen LogP contribution >= 0.6 is 0 Å². The molecule has 1 aliphatic heterocycles. The van der Waals surface area contributed by atoms with Crippen LogP contribution in [0.2, 0.25) is 0 Å². The smallest absolute Gasteiger partial charge is 0.220 e. The molecule has 1 atom stereocenters. The van der Waals surface area contributed by atoms with Gasteiger partial charge in [-0.3, -0.25) is 4.79 Å². The van der Waals surface area contributed by atoms with E-state index >= 15 is 0 Å². The molecule has 1 unspecified atom stereocenters. The summed E-state index contributed by atoms with van der Waals surface area (Å²) in [5.74, 6) is 1.96. The Hall–Kier alpha value is -1.71. The van der Waals surface area contributed by atoms with E-state index in [0.29, 0.717) is 19.1 Å². The Balaban J connectivity index is 1.76. The van der Waals surface area contributed by atoms with Crippen LogP contribution in [-0.2, 0) is 4.79 Å². The van der Waals surface area contributed by atoms with Crippen LogP contribution in [0.5, 0.6) is 11.5 Å². The van der Waals surface area contributed by atoms with Gasteiger partial charge in [0.2, 0.25) is 5.91 Å². The van der Waals surface area contributed by atoms with Crippen LogP contribution in [0.25, 0.3) is 0 Å². The third-order valence-corrected chi connectivity index (χ3v) is 4.23. The van der Waals surface area contributed by atoms with E-state index in [1.807, 2.05) is 12.1 Å². The highest BCUT2D eigenvalue weighted by Crippen LogP contribution is 2.35. The second-order valence-corrected chi connectivity index (χ2v) is 5.64. The third-order valence-electron chi connectivity index (χ3n) is 4.23. The predicted molar refractivity (Wildman–Crippen MR) is 76.2 cm³/mol. The van der Waals surface area contributed by atoms with Crippen molar-refractivity contribution in [1.82, 2.24) is 5.32 Å². The maximum Gasteiger partial charge on any atom is 0.220 e. The van der Waals surface area contributed by atoms with Crippen molar-refractivity contribution in [3.8, 4) is 11.5 Å². The summed E-state index contributed by atoms with van der Waals surface area (Å²) in [6.07, 6.45) is 5.65. The van der Waals surface area contributed by atoms with E-state index in [9.17, 15) is 4.79 Å². The summed E-state index contributed by atoms with van der Waals surface area (Å²) < 4.78 is 11.5. The van der Waals surface area contributed by atoms with Crippen molar-refractivity contribution in [1.29, 1.82) is 0 Å². The summed E-state index contributed by atoms with van der Waals surface area (Å²) in [6.45, 7) is 0.713. The van der Waals surface area contributed by atoms with Crippen LogP contribution in [0.4, 0.5) is 0 Å². The monoisotopic (exact) mass is 275 g/mol. The fraction of sp³-hybridized carbons (Fsp3) is 0.562. The predicted octanol–water partition coefficient (Wildman–Crippen LogP) is 2.62. The van der Waals surface area contributed by atoms with Crippen LogP contribution in [-0.4, -0.2) is 25.7 Å². The minimum absolute atomic E-state index is 0.125. The van der Waals surface area contributed by atoms with E-state index in [-0.39, 0.29) is 11.8 Å². The van der Waals surface area contributed by atoms with Crippen LogP contribution < -0.4 is 14.8 Å². The topological polar surface area (TPSA) is 47.6 Å². The number of nitrogens with one attached hydrogen (secondary N) is 1. The molecule has 4 nitrogen and oxygen atoms in total. The molecule has 1 saturated carbocycles. The highest BCUT2D eigenvalue weighted by atomic mass is 16.5. The van der Waals surface area contributed by atoms with Gasteiger partial charge < -0.3 is 14.8 Å². The molecule has 1 aliphatic carbocycles. The molecule has 0 bridgehead atoms. The maximum absolute atomic E-state index is 11.3. The number of carbonyl (C=O) groups is 1. The van der Waals surface area contributed by atoms with Crippen LogP contribution in [0, 0.1) is 0 Å². The van der Waals surface area contributed by atoms with Crippen molar-refractivity contribution in [3.63, 3.8) is 0 Å². The van der Waals surface area contributed by atoms with Crippen LogP contribution in [0.3, 0.4) is 0 Å². The molecule has 1 saturated heterocycles. The summed E-state index contributed by atoms with van der Waals surface area (Å²) >= 11 is 0. The SMILES string of the molecule is COc1cc(C2CNC(=O)C2)ccc1OC1CCCC1. The Morgan fingerprint density at radius 3 is 2.65 bits per heavy atom. The first-order chi connectivity index (χ1) is 9.76. The number of rotatable bonds is 4. The molecule has 2 fully saturated rings. The lowest BCUT2D eigenvalue weighted by Crippen LogP contribution is -2.13. The molecule has 1 N–H and O–H groups in total. The molecule has 1 amide bonds. The number of methoxy groups -OCH3 is 1. The minimum atomic E-state index is 0.125. The second-order valence-electron chi connectivity index (χ2n) is 5.64. The van der Waals surface area contributed by atoms with Gasteiger partial charge in [0.25, 0.3) is 0 Å². The Labute approximate surface area is 119 Å². The molecule has 0 radical (unpaired) electrons. The zero-order valence-electron chi connectivity index (χ0n) is 11.9. The number of carbonyl (C=O) groups excluding carboxylic acids is 1. The standard InChI is InChI=1S/C16H21NO3/c1-19-15-8-11(12-9-16(18)17-10-12)6-7-14(15)20-13-4-2-3-5-13/h6-8,12-13H,2-5,9-10H2,1H3,(H,17,18). The maximum atomic E-state index is 11.3. The number of hydrogen-bond donors (Lipinski definition) is 1. The Kier molecular flexibility index (Phi) is 3.81. The molecule has 1 heterocycles. The molecule has 108 valence electrons. The van der Waals surface area contributed by atoms with Gasteiger partial charge in [-0.15, -0.1) is 0 Å². The fourth-order valence-electron chi connectivity index (χ4n) is 3.06. The molecule has 3 rings (SSSR count). The first-order valence-electron chi connectivity index (χ1n) is 7.37. The molecule has 1 aromatic rings. The summed E-state index contributed by atoms with van der Waals surface area (Å²) in [4.78, 5) is 11.3. The average Bonchev–Trinajstić information content (AvgIpc) is 3.11. The largest absolute Gasteiger partial charge is 0.493 e. The normalized spacial score (nSPS) is 22.9. The van der Waals surface area contributed by atoms with Crippen LogP contribution in [0.1, 0.15) is 43.6 Å². The molecule has 0 spiro atoms. The first kappa shape index (κ1) is 13.3. The molecule has 0 aromatic heterocycles. The highest BCUT2D eigenvalue weighted by molar-refractivity contribution is 5.79. The lowest BCUT2D eigenvalue weighted by molar-refractivity contribution is -0.119. The minimum Gasteiger partial charge on any atom is -0.493 e. The lowest BCUT2D eigenvalue weighted by Gasteiger charge is -2.17. The molecule has 1 aromatic carbocycles. The van der Waals surface area contributed by atoms with Crippen LogP contribution in [0.15, 0.2) is 18.2 Å². The van der Waals surface area contributed by atoms with E-state index in [4.69, 9.17) is 9.47 Å². The lowest BCUT2D eigenvalue weighted by atomic mass is 9.98. The summed E-state index contributed by atoms with van der Waals surface area (Å²) in [5, 5.41) is 2.87. The van der Waals surface area contributed by atoms with Gasteiger partial charge in [0.1, 0.15) is 0 Å². The zero-order valence-corrected chi connectivity index (χ0v) is 11.9. The van der Waals surface area contributed by atoms with Crippen molar-refractivity contribution >= 4 is 5.91 Å². The first-order valence-corrected chi connectivity index (χ1v) is 7.37. The number of amides is 1. The van der Waals surface area contributed by atoms with E-state index in [1.165, 1.54) is 12.8 Å². The van der Waals surface area contributed by atoms with Gasteiger partial charge in [-0.2, -0.15) is 0 Å². The van der Waals surface area contributed by atoms with E-state index in [2.05, 4.69) is 11.4 Å².